The summed E-state index contributed by atoms with van der Waals surface area (Å²) >= 11 is 0. The molecule has 0 amide bonds. The minimum atomic E-state index is -0.931. The predicted octanol–water partition coefficient (Wildman–Crippen LogP) is 8.48. The first-order chi connectivity index (χ1) is 14.2. The highest BCUT2D eigenvalue weighted by Crippen LogP contribution is 2.71. The van der Waals surface area contributed by atoms with Crippen LogP contribution in [-0.4, -0.2) is 12.5 Å². The van der Waals surface area contributed by atoms with Crippen LogP contribution in [0.5, 0.6) is 0 Å². The fourth-order valence-corrected chi connectivity index (χ4v) is 11.4. The number of fused-ring (bicyclic) bond motifs is 1. The van der Waals surface area contributed by atoms with E-state index in [1.807, 2.05) is 4.91 Å². The van der Waals surface area contributed by atoms with Crippen LogP contribution in [0, 0.1) is 29.6 Å². The summed E-state index contributed by atoms with van der Waals surface area (Å²) in [6.45, 7) is 14.9. The van der Waals surface area contributed by atoms with E-state index in [-0.39, 0.29) is 0 Å². The Bertz CT molecular complexity index is 952. The molecule has 4 rings (SSSR count). The van der Waals surface area contributed by atoms with Gasteiger partial charge in [0.1, 0.15) is 0 Å². The van der Waals surface area contributed by atoms with Gasteiger partial charge >= 0.3 is 0 Å². The van der Waals surface area contributed by atoms with Crippen LogP contribution >= 0.6 is 10.0 Å². The zero-order valence-electron chi connectivity index (χ0n) is 20.2. The van der Waals surface area contributed by atoms with E-state index in [1.54, 1.807) is 16.7 Å². The number of allylic oxidation sites excluding steroid dienone is 2. The summed E-state index contributed by atoms with van der Waals surface area (Å²) in [5, 5.41) is 0.663. The fraction of sp³-hybridized carbons (Fsp3) is 0.517. The molecule has 6 unspecified atom stereocenters. The lowest BCUT2D eigenvalue weighted by atomic mass is 9.70. The molecule has 0 fully saturated rings. The zero-order chi connectivity index (χ0) is 21.8. The molecule has 0 bridgehead atoms. The molecular formula is C29H40S. The Labute approximate surface area is 186 Å². The van der Waals surface area contributed by atoms with Gasteiger partial charge in [0.15, 0.2) is 0 Å². The average molecular weight is 421 g/mol. The van der Waals surface area contributed by atoms with E-state index in [1.165, 1.54) is 17.5 Å². The molecule has 2 aromatic rings. The molecule has 0 radical (unpaired) electrons. The Balaban J connectivity index is 1.83. The number of hydrogen-bond acceptors (Lipinski definition) is 0. The van der Waals surface area contributed by atoms with Crippen LogP contribution in [0.15, 0.2) is 59.0 Å². The van der Waals surface area contributed by atoms with Gasteiger partial charge in [0, 0.05) is 5.25 Å². The van der Waals surface area contributed by atoms with Crippen molar-refractivity contribution in [3.05, 3.63) is 70.1 Å². The van der Waals surface area contributed by atoms with E-state index in [0.29, 0.717) is 23.0 Å². The Hall–Kier alpha value is -1.47. The lowest BCUT2D eigenvalue weighted by Crippen LogP contribution is -2.33. The Morgan fingerprint density at radius 3 is 2.07 bits per heavy atom. The third-order valence-electron chi connectivity index (χ3n) is 8.74. The SMILES string of the molecule is CC1=C(S(C)(C)C2c3cccc(-c4ccccc4)c3CC2C)C(C)C(C)C(C)C1C. The Morgan fingerprint density at radius 2 is 1.40 bits per heavy atom. The van der Waals surface area contributed by atoms with Crippen molar-refractivity contribution in [1.29, 1.82) is 0 Å². The maximum absolute atomic E-state index is 2.63. The van der Waals surface area contributed by atoms with Crippen molar-refractivity contribution in [2.45, 2.75) is 53.2 Å². The van der Waals surface area contributed by atoms with Crippen molar-refractivity contribution >= 4 is 10.0 Å². The predicted molar refractivity (Wildman–Crippen MR) is 136 cm³/mol. The Kier molecular flexibility index (Phi) is 5.73. The summed E-state index contributed by atoms with van der Waals surface area (Å²) in [5.74, 6) is 3.63. The molecule has 1 heteroatoms. The highest BCUT2D eigenvalue weighted by Gasteiger charge is 2.45. The van der Waals surface area contributed by atoms with Gasteiger partial charge in [-0.05, 0) is 82.6 Å². The van der Waals surface area contributed by atoms with Gasteiger partial charge in [0.05, 0.1) is 0 Å². The van der Waals surface area contributed by atoms with E-state index in [2.05, 4.69) is 103 Å². The largest absolute Gasteiger partial charge is 0.217 e. The highest BCUT2D eigenvalue weighted by molar-refractivity contribution is 8.36. The fourth-order valence-electron chi connectivity index (χ4n) is 6.78. The second kappa shape index (κ2) is 7.90. The van der Waals surface area contributed by atoms with E-state index >= 15 is 0 Å². The number of hydrogen-bond donors (Lipinski definition) is 0. The van der Waals surface area contributed by atoms with Crippen molar-refractivity contribution in [2.24, 2.45) is 29.6 Å². The van der Waals surface area contributed by atoms with Crippen LogP contribution in [0.1, 0.15) is 57.9 Å². The maximum Gasteiger partial charge on any atom is 0.0202 e. The van der Waals surface area contributed by atoms with Crippen LogP contribution in [0.3, 0.4) is 0 Å². The topological polar surface area (TPSA) is 0 Å². The average Bonchev–Trinajstić information content (AvgIpc) is 3.08. The van der Waals surface area contributed by atoms with E-state index in [4.69, 9.17) is 0 Å². The van der Waals surface area contributed by atoms with Gasteiger partial charge in [-0.25, -0.2) is 10.0 Å². The van der Waals surface area contributed by atoms with E-state index < -0.39 is 10.0 Å². The molecule has 0 spiro atoms. The molecule has 30 heavy (non-hydrogen) atoms. The van der Waals surface area contributed by atoms with Crippen molar-refractivity contribution in [1.82, 2.24) is 0 Å². The van der Waals surface area contributed by atoms with Crippen LogP contribution in [-0.2, 0) is 6.42 Å². The van der Waals surface area contributed by atoms with Gasteiger partial charge in [-0.3, -0.25) is 0 Å². The summed E-state index contributed by atoms with van der Waals surface area (Å²) in [7, 11) is -0.931. The molecule has 0 saturated carbocycles. The molecule has 2 aromatic carbocycles. The molecule has 0 aromatic heterocycles. The van der Waals surface area contributed by atoms with Crippen molar-refractivity contribution in [3.8, 4) is 11.1 Å². The molecule has 162 valence electrons. The summed E-state index contributed by atoms with van der Waals surface area (Å²) < 4.78 is 0. The smallest absolute Gasteiger partial charge is 0.0202 e. The van der Waals surface area contributed by atoms with Gasteiger partial charge in [0.25, 0.3) is 0 Å². The van der Waals surface area contributed by atoms with Gasteiger partial charge < -0.3 is 0 Å². The first-order valence-electron chi connectivity index (χ1n) is 11.8. The molecule has 0 nitrogen and oxygen atoms in total. The standard InChI is InChI=1S/C29H40S/c1-18-17-27-25(24-13-10-9-11-14-24)15-12-16-26(27)28(18)30(7,8)29-22(5)20(3)19(2)21(4)23(29)6/h9-16,18-22,28H,17H2,1-8H3. The summed E-state index contributed by atoms with van der Waals surface area (Å²) in [6, 6.07) is 18.1. The molecule has 0 N–H and O–H groups in total. The molecule has 2 aliphatic carbocycles. The number of benzene rings is 2. The third-order valence-corrected chi connectivity index (χ3v) is 12.6. The third kappa shape index (κ3) is 3.29. The Morgan fingerprint density at radius 1 is 0.767 bits per heavy atom. The first kappa shape index (κ1) is 21.8. The zero-order valence-corrected chi connectivity index (χ0v) is 21.0. The van der Waals surface area contributed by atoms with Gasteiger partial charge in [0.2, 0.25) is 0 Å². The molecule has 0 aliphatic heterocycles. The van der Waals surface area contributed by atoms with Crippen molar-refractivity contribution < 1.29 is 0 Å². The maximum atomic E-state index is 2.63. The van der Waals surface area contributed by atoms with E-state index in [9.17, 15) is 0 Å². The molecule has 0 heterocycles. The summed E-state index contributed by atoms with van der Waals surface area (Å²) in [4.78, 5) is 1.83. The monoisotopic (exact) mass is 420 g/mol. The first-order valence-corrected chi connectivity index (χ1v) is 14.3. The second-order valence-corrected chi connectivity index (χ2v) is 14.3. The van der Waals surface area contributed by atoms with Crippen LogP contribution in [0.2, 0.25) is 0 Å². The minimum absolute atomic E-state index is 0.663. The lowest BCUT2D eigenvalue weighted by molar-refractivity contribution is 0.234. The normalized spacial score (nSPS) is 32.3. The molecule has 2 aliphatic rings. The van der Waals surface area contributed by atoms with Crippen molar-refractivity contribution in [2.75, 3.05) is 12.5 Å². The quantitative estimate of drug-likeness (QED) is 0.467. The van der Waals surface area contributed by atoms with Crippen LogP contribution in [0.4, 0.5) is 0 Å². The van der Waals surface area contributed by atoms with Crippen molar-refractivity contribution in [3.63, 3.8) is 0 Å². The lowest BCUT2D eigenvalue weighted by Gasteiger charge is -2.51. The summed E-state index contributed by atoms with van der Waals surface area (Å²) in [6.07, 6.45) is 6.47. The summed E-state index contributed by atoms with van der Waals surface area (Å²) in [5.41, 5.74) is 7.77. The van der Waals surface area contributed by atoms with Gasteiger partial charge in [-0.15, -0.1) is 0 Å². The van der Waals surface area contributed by atoms with Crippen LogP contribution < -0.4 is 0 Å². The second-order valence-electron chi connectivity index (χ2n) is 10.6. The van der Waals surface area contributed by atoms with E-state index in [0.717, 1.165) is 11.8 Å². The van der Waals surface area contributed by atoms with Gasteiger partial charge in [-0.1, -0.05) is 88.7 Å². The molecule has 0 saturated heterocycles. The number of rotatable bonds is 3. The highest BCUT2D eigenvalue weighted by atomic mass is 32.3. The van der Waals surface area contributed by atoms with Gasteiger partial charge in [-0.2, -0.15) is 0 Å². The molecular weight excluding hydrogens is 380 g/mol. The molecule has 6 atom stereocenters. The van der Waals surface area contributed by atoms with Crippen LogP contribution in [0.25, 0.3) is 11.1 Å². The minimum Gasteiger partial charge on any atom is -0.217 e.